The van der Waals surface area contributed by atoms with Crippen molar-refractivity contribution in [3.05, 3.63) is 24.1 Å². The molecule has 0 aromatic heterocycles. The van der Waals surface area contributed by atoms with Crippen molar-refractivity contribution in [1.29, 1.82) is 0 Å². The van der Waals surface area contributed by atoms with Crippen LogP contribution in [0.25, 0.3) is 4.85 Å². The SMILES string of the molecule is NC(N)=O.[C-]#[N+]C(=O)C=C. The van der Waals surface area contributed by atoms with E-state index in [0.29, 0.717) is 0 Å². The van der Waals surface area contributed by atoms with Crippen molar-refractivity contribution in [2.75, 3.05) is 0 Å². The van der Waals surface area contributed by atoms with Gasteiger partial charge < -0.3 is 16.3 Å². The quantitative estimate of drug-likeness (QED) is 0.385. The molecule has 0 aliphatic heterocycles. The first-order chi connectivity index (χ1) is 4.54. The molecular weight excluding hydrogens is 134 g/mol. The van der Waals surface area contributed by atoms with E-state index in [4.69, 9.17) is 11.4 Å². The van der Waals surface area contributed by atoms with Gasteiger partial charge >= 0.3 is 11.9 Å². The Morgan fingerprint density at radius 3 is 1.80 bits per heavy atom. The van der Waals surface area contributed by atoms with Gasteiger partial charge in [0, 0.05) is 0 Å². The number of carbonyl (C=O) groups excluding carboxylic acids is 2. The van der Waals surface area contributed by atoms with E-state index >= 15 is 0 Å². The van der Waals surface area contributed by atoms with Gasteiger partial charge in [-0.3, -0.25) is 0 Å². The van der Waals surface area contributed by atoms with E-state index in [1.54, 1.807) is 0 Å². The van der Waals surface area contributed by atoms with Crippen LogP contribution in [0.1, 0.15) is 0 Å². The van der Waals surface area contributed by atoms with Crippen LogP contribution in [0.2, 0.25) is 0 Å². The molecule has 4 N–H and O–H groups in total. The summed E-state index contributed by atoms with van der Waals surface area (Å²) in [5.74, 6) is -0.602. The molecule has 0 fully saturated rings. The predicted molar refractivity (Wildman–Crippen MR) is 35.6 cm³/mol. The van der Waals surface area contributed by atoms with Crippen LogP contribution in [0.4, 0.5) is 4.79 Å². The molecule has 0 unspecified atom stereocenters. The number of hydrogen-bond donors (Lipinski definition) is 2. The molecule has 0 radical (unpaired) electrons. The van der Waals surface area contributed by atoms with Gasteiger partial charge in [-0.15, -0.1) is 6.58 Å². The standard InChI is InChI=1S/C4H3NO.CH4N2O/c1-3-4(6)5-2;2-1(3)4/h3H,1H2;(H4,2,3,4). The summed E-state index contributed by atoms with van der Waals surface area (Å²) in [7, 11) is 0. The molecule has 5 nitrogen and oxygen atoms in total. The smallest absolute Gasteiger partial charge is 0.352 e. The second kappa shape index (κ2) is 7.17. The van der Waals surface area contributed by atoms with E-state index in [2.05, 4.69) is 22.9 Å². The first-order valence-electron chi connectivity index (χ1n) is 2.13. The predicted octanol–water partition coefficient (Wildman–Crippen LogP) is -0.358. The summed E-state index contributed by atoms with van der Waals surface area (Å²) < 4.78 is 0. The first kappa shape index (κ1) is 11.0. The van der Waals surface area contributed by atoms with Crippen molar-refractivity contribution in [2.45, 2.75) is 0 Å². The number of amides is 3. The van der Waals surface area contributed by atoms with Gasteiger partial charge in [0.2, 0.25) is 0 Å². The Balaban J connectivity index is 0. The van der Waals surface area contributed by atoms with Crippen molar-refractivity contribution in [1.82, 2.24) is 0 Å². The number of nitrogens with two attached hydrogens (primary N) is 2. The summed E-state index contributed by atoms with van der Waals surface area (Å²) in [5, 5.41) is 0. The van der Waals surface area contributed by atoms with Crippen LogP contribution in [-0.4, -0.2) is 11.9 Å². The summed E-state index contributed by atoms with van der Waals surface area (Å²) in [6, 6.07) is -0.833. The first-order valence-corrected chi connectivity index (χ1v) is 2.13. The fraction of sp³-hybridized carbons (Fsp3) is 0. The van der Waals surface area contributed by atoms with Gasteiger partial charge in [-0.1, -0.05) is 0 Å². The van der Waals surface area contributed by atoms with E-state index in [1.165, 1.54) is 0 Å². The van der Waals surface area contributed by atoms with E-state index in [-0.39, 0.29) is 0 Å². The Hall–Kier alpha value is -1.83. The van der Waals surface area contributed by atoms with E-state index in [0.717, 1.165) is 6.08 Å². The van der Waals surface area contributed by atoms with Crippen molar-refractivity contribution < 1.29 is 9.59 Å². The van der Waals surface area contributed by atoms with Crippen LogP contribution in [0.3, 0.4) is 0 Å². The lowest BCUT2D eigenvalue weighted by Crippen LogP contribution is -2.18. The highest BCUT2D eigenvalue weighted by Gasteiger charge is 1.81. The van der Waals surface area contributed by atoms with Gasteiger partial charge in [0.05, 0.1) is 6.57 Å². The van der Waals surface area contributed by atoms with Crippen LogP contribution >= 0.6 is 0 Å². The molecule has 0 saturated heterocycles. The van der Waals surface area contributed by atoms with Gasteiger partial charge in [-0.25, -0.2) is 4.79 Å². The molecule has 0 aliphatic rings. The van der Waals surface area contributed by atoms with Gasteiger partial charge in [-0.2, -0.15) is 4.85 Å². The van der Waals surface area contributed by atoms with E-state index in [9.17, 15) is 4.79 Å². The Morgan fingerprint density at radius 2 is 1.80 bits per heavy atom. The second-order valence-electron chi connectivity index (χ2n) is 1.06. The van der Waals surface area contributed by atoms with Crippen molar-refractivity contribution in [2.24, 2.45) is 11.5 Å². The van der Waals surface area contributed by atoms with Crippen LogP contribution in [0.5, 0.6) is 0 Å². The third-order valence-electron chi connectivity index (χ3n) is 0.285. The maximum Gasteiger partial charge on any atom is 0.378 e. The molecule has 5 heteroatoms. The molecule has 0 bridgehead atoms. The van der Waals surface area contributed by atoms with Gasteiger partial charge in [0.15, 0.2) is 0 Å². The highest BCUT2D eigenvalue weighted by Crippen LogP contribution is 1.68. The highest BCUT2D eigenvalue weighted by molar-refractivity contribution is 5.95. The average molecular weight is 141 g/mol. The Morgan fingerprint density at radius 1 is 1.50 bits per heavy atom. The maximum absolute atomic E-state index is 9.71. The summed E-state index contributed by atoms with van der Waals surface area (Å²) >= 11 is 0. The topological polar surface area (TPSA) is 90.5 Å². The number of primary amides is 2. The highest BCUT2D eigenvalue weighted by atomic mass is 16.2. The summed E-state index contributed by atoms with van der Waals surface area (Å²) in [5.41, 5.74) is 8.50. The summed E-state index contributed by atoms with van der Waals surface area (Å²) in [6.07, 6.45) is 0.979. The van der Waals surface area contributed by atoms with Crippen LogP contribution in [0, 0.1) is 6.57 Å². The average Bonchev–Trinajstić information content (AvgIpc) is 1.85. The number of urea groups is 1. The summed E-state index contributed by atoms with van der Waals surface area (Å²) in [4.78, 5) is 21.2. The molecule has 0 saturated carbocycles. The largest absolute Gasteiger partial charge is 0.378 e. The number of nitrogens with zero attached hydrogens (tertiary/aromatic N) is 1. The molecule has 0 aliphatic carbocycles. The fourth-order valence-electron chi connectivity index (χ4n) is 0.0456. The third-order valence-corrected chi connectivity index (χ3v) is 0.285. The molecule has 0 aromatic rings. The second-order valence-corrected chi connectivity index (χ2v) is 1.06. The number of rotatable bonds is 1. The van der Waals surface area contributed by atoms with Crippen molar-refractivity contribution in [3.63, 3.8) is 0 Å². The lowest BCUT2D eigenvalue weighted by molar-refractivity contribution is -0.110. The third kappa shape index (κ3) is 35.0. The zero-order valence-electron chi connectivity index (χ0n) is 5.20. The van der Waals surface area contributed by atoms with E-state index in [1.807, 2.05) is 0 Å². The normalized spacial score (nSPS) is 5.90. The van der Waals surface area contributed by atoms with Gasteiger partial charge in [0.1, 0.15) is 0 Å². The minimum absolute atomic E-state index is 0.602. The van der Waals surface area contributed by atoms with Gasteiger partial charge in [-0.05, 0) is 6.08 Å². The Labute approximate surface area is 58.1 Å². The molecule has 0 rings (SSSR count). The van der Waals surface area contributed by atoms with Crippen molar-refractivity contribution in [3.8, 4) is 0 Å². The maximum atomic E-state index is 9.71. The molecular formula is C5H7N3O2. The monoisotopic (exact) mass is 141 g/mol. The molecule has 0 spiro atoms. The Bertz CT molecular complexity index is 176. The minimum atomic E-state index is -0.833. The minimum Gasteiger partial charge on any atom is -0.352 e. The zero-order chi connectivity index (χ0) is 8.57. The number of carbonyl (C=O) groups is 2. The molecule has 54 valence electrons. The van der Waals surface area contributed by atoms with Crippen LogP contribution in [-0.2, 0) is 4.79 Å². The summed E-state index contributed by atoms with van der Waals surface area (Å²) in [6.45, 7) is 9.08. The Kier molecular flexibility index (Phi) is 7.91. The van der Waals surface area contributed by atoms with Crippen LogP contribution in [0.15, 0.2) is 12.7 Å². The molecule has 0 aromatic carbocycles. The fourth-order valence-corrected chi connectivity index (χ4v) is 0.0456. The van der Waals surface area contributed by atoms with Gasteiger partial charge in [0.25, 0.3) is 0 Å². The molecule has 0 heterocycles. The molecule has 10 heavy (non-hydrogen) atoms. The lowest BCUT2D eigenvalue weighted by Gasteiger charge is -1.62. The van der Waals surface area contributed by atoms with E-state index < -0.39 is 11.9 Å². The number of hydrogen-bond acceptors (Lipinski definition) is 2. The molecule has 3 amide bonds. The van der Waals surface area contributed by atoms with Crippen molar-refractivity contribution >= 4 is 11.9 Å². The van der Waals surface area contributed by atoms with Crippen LogP contribution < -0.4 is 11.5 Å². The molecule has 0 atom stereocenters. The lowest BCUT2D eigenvalue weighted by atomic mass is 10.6. The zero-order valence-corrected chi connectivity index (χ0v) is 5.20.